The minimum atomic E-state index is -1.33. The van der Waals surface area contributed by atoms with Crippen molar-refractivity contribution >= 4 is 16.8 Å². The van der Waals surface area contributed by atoms with Gasteiger partial charge in [-0.05, 0) is 19.1 Å². The molecule has 0 aromatic heterocycles. The maximum Gasteiger partial charge on any atom is 0.308 e. The first kappa shape index (κ1) is 16.8. The minimum Gasteiger partial charge on any atom is -0.469 e. The van der Waals surface area contributed by atoms with Crippen LogP contribution in [0.3, 0.4) is 0 Å². The zero-order valence-corrected chi connectivity index (χ0v) is 12.4. The highest BCUT2D eigenvalue weighted by molar-refractivity contribution is 7.85. The van der Waals surface area contributed by atoms with Crippen molar-refractivity contribution in [3.05, 3.63) is 29.8 Å². The van der Waals surface area contributed by atoms with Crippen LogP contribution in [0.25, 0.3) is 0 Å². The summed E-state index contributed by atoms with van der Waals surface area (Å²) in [6.45, 7) is 1.94. The van der Waals surface area contributed by atoms with Crippen LogP contribution in [0.15, 0.2) is 29.2 Å². The van der Waals surface area contributed by atoms with E-state index in [4.69, 9.17) is 0 Å². The molecular formula is C14H20O5S. The van der Waals surface area contributed by atoms with Gasteiger partial charge in [-0.15, -0.1) is 0 Å². The Morgan fingerprint density at radius 1 is 1.25 bits per heavy atom. The molecule has 1 rings (SSSR count). The highest BCUT2D eigenvalue weighted by atomic mass is 32.2. The fourth-order valence-electron chi connectivity index (χ4n) is 1.70. The fraction of sp³-hybridized carbons (Fsp3) is 0.500. The van der Waals surface area contributed by atoms with Gasteiger partial charge >= 0.3 is 5.97 Å². The van der Waals surface area contributed by atoms with Crippen LogP contribution in [0.1, 0.15) is 18.4 Å². The van der Waals surface area contributed by atoms with Crippen molar-refractivity contribution in [3.63, 3.8) is 0 Å². The van der Waals surface area contributed by atoms with Gasteiger partial charge in [0.25, 0.3) is 0 Å². The van der Waals surface area contributed by atoms with Crippen LogP contribution in [0.2, 0.25) is 0 Å². The molecule has 0 bridgehead atoms. The molecular weight excluding hydrogens is 280 g/mol. The molecule has 2 N–H and O–H groups in total. The average molecular weight is 300 g/mol. The first-order valence-electron chi connectivity index (χ1n) is 6.30. The van der Waals surface area contributed by atoms with E-state index in [1.807, 2.05) is 19.1 Å². The highest BCUT2D eigenvalue weighted by Gasteiger charge is 2.18. The van der Waals surface area contributed by atoms with Crippen molar-refractivity contribution in [2.45, 2.75) is 36.9 Å². The van der Waals surface area contributed by atoms with Crippen molar-refractivity contribution in [2.24, 2.45) is 0 Å². The van der Waals surface area contributed by atoms with Gasteiger partial charge in [0, 0.05) is 11.3 Å². The van der Waals surface area contributed by atoms with Crippen molar-refractivity contribution < 1.29 is 24.0 Å². The second kappa shape index (κ2) is 8.14. The summed E-state index contributed by atoms with van der Waals surface area (Å²) in [4.78, 5) is 11.6. The molecule has 1 aromatic carbocycles. The number of ether oxygens (including phenoxy) is 1. The molecule has 0 aliphatic rings. The van der Waals surface area contributed by atoms with E-state index in [1.165, 1.54) is 7.11 Å². The van der Waals surface area contributed by atoms with Gasteiger partial charge in [0.15, 0.2) is 0 Å². The number of carbonyl (C=O) groups excluding carboxylic acids is 1. The summed E-state index contributed by atoms with van der Waals surface area (Å²) in [5, 5.41) is 19.4. The third-order valence-electron chi connectivity index (χ3n) is 2.80. The van der Waals surface area contributed by atoms with E-state index in [9.17, 15) is 19.2 Å². The molecule has 0 heterocycles. The first-order chi connectivity index (χ1) is 9.42. The topological polar surface area (TPSA) is 83.8 Å². The van der Waals surface area contributed by atoms with Crippen LogP contribution >= 0.6 is 0 Å². The number of aliphatic hydroxyl groups excluding tert-OH is 2. The second-order valence-corrected chi connectivity index (χ2v) is 6.14. The van der Waals surface area contributed by atoms with Gasteiger partial charge < -0.3 is 14.9 Å². The molecule has 0 saturated heterocycles. The zero-order valence-electron chi connectivity index (χ0n) is 11.6. The Kier molecular flexibility index (Phi) is 6.84. The largest absolute Gasteiger partial charge is 0.469 e. The summed E-state index contributed by atoms with van der Waals surface area (Å²) in [5.74, 6) is -0.509. The van der Waals surface area contributed by atoms with Crippen molar-refractivity contribution in [2.75, 3.05) is 12.9 Å². The Morgan fingerprint density at radius 2 is 1.85 bits per heavy atom. The number of carbonyl (C=O) groups is 1. The average Bonchev–Trinajstić information content (AvgIpc) is 2.38. The number of esters is 1. The Morgan fingerprint density at radius 3 is 2.40 bits per heavy atom. The van der Waals surface area contributed by atoms with Crippen LogP contribution in [0, 0.1) is 6.92 Å². The Balaban J connectivity index is 2.45. The molecule has 5 nitrogen and oxygen atoms in total. The molecule has 0 amide bonds. The normalized spacial score (nSPS) is 15.4. The molecule has 0 aliphatic carbocycles. The van der Waals surface area contributed by atoms with E-state index in [0.717, 1.165) is 5.56 Å². The summed E-state index contributed by atoms with van der Waals surface area (Å²) < 4.78 is 16.4. The van der Waals surface area contributed by atoms with Crippen molar-refractivity contribution in [3.8, 4) is 0 Å². The molecule has 6 heteroatoms. The van der Waals surface area contributed by atoms with Crippen LogP contribution < -0.4 is 0 Å². The number of methoxy groups -OCH3 is 1. The standard InChI is InChI=1S/C14H20O5S/c1-10-3-5-13(6-4-10)20(18)9-12(16)7-11(15)8-14(17)19-2/h3-6,11-12,15-16H,7-9H2,1-2H3/t11-,12+,20?/m1/s1. The third-order valence-corrected chi connectivity index (χ3v) is 4.29. The van der Waals surface area contributed by atoms with Crippen LogP contribution in [-0.4, -0.2) is 45.5 Å². The van der Waals surface area contributed by atoms with Crippen LogP contribution in [0.5, 0.6) is 0 Å². The Labute approximate surface area is 121 Å². The Bertz CT molecular complexity index is 457. The number of aliphatic hydroxyl groups is 2. The monoisotopic (exact) mass is 300 g/mol. The molecule has 0 fully saturated rings. The minimum absolute atomic E-state index is 0.00724. The lowest BCUT2D eigenvalue weighted by Gasteiger charge is -2.14. The SMILES string of the molecule is COC(=O)C[C@H](O)C[C@H](O)CS(=O)c1ccc(C)cc1. The summed E-state index contributed by atoms with van der Waals surface area (Å²) in [7, 11) is -0.0959. The summed E-state index contributed by atoms with van der Waals surface area (Å²) in [5.41, 5.74) is 1.07. The quantitative estimate of drug-likeness (QED) is 0.727. The van der Waals surface area contributed by atoms with E-state index in [2.05, 4.69) is 4.74 Å². The maximum atomic E-state index is 12.0. The zero-order chi connectivity index (χ0) is 15.1. The molecule has 0 radical (unpaired) electrons. The lowest BCUT2D eigenvalue weighted by atomic mass is 10.1. The van der Waals surface area contributed by atoms with E-state index >= 15 is 0 Å². The molecule has 1 unspecified atom stereocenters. The number of aryl methyl sites for hydroxylation is 1. The van der Waals surface area contributed by atoms with Crippen LogP contribution in [-0.2, 0) is 20.3 Å². The van der Waals surface area contributed by atoms with Crippen molar-refractivity contribution in [1.29, 1.82) is 0 Å². The molecule has 0 saturated carbocycles. The molecule has 0 spiro atoms. The van der Waals surface area contributed by atoms with Gasteiger partial charge in [0.05, 0.1) is 42.3 Å². The molecule has 3 atom stereocenters. The van der Waals surface area contributed by atoms with Crippen molar-refractivity contribution in [1.82, 2.24) is 0 Å². The fourth-order valence-corrected chi connectivity index (χ4v) is 2.82. The lowest BCUT2D eigenvalue weighted by molar-refractivity contribution is -0.143. The predicted octanol–water partition coefficient (Wildman–Crippen LogP) is 0.778. The first-order valence-corrected chi connectivity index (χ1v) is 7.62. The maximum absolute atomic E-state index is 12.0. The van der Waals surface area contributed by atoms with Gasteiger partial charge in [-0.3, -0.25) is 9.00 Å². The van der Waals surface area contributed by atoms with Crippen LogP contribution in [0.4, 0.5) is 0 Å². The summed E-state index contributed by atoms with van der Waals surface area (Å²) in [6, 6.07) is 7.21. The molecule has 20 heavy (non-hydrogen) atoms. The summed E-state index contributed by atoms with van der Waals surface area (Å²) >= 11 is 0. The van der Waals surface area contributed by atoms with Gasteiger partial charge in [-0.1, -0.05) is 17.7 Å². The van der Waals surface area contributed by atoms with Gasteiger partial charge in [0.1, 0.15) is 0 Å². The van der Waals surface area contributed by atoms with E-state index in [-0.39, 0.29) is 18.6 Å². The van der Waals surface area contributed by atoms with E-state index in [1.54, 1.807) is 12.1 Å². The number of benzene rings is 1. The predicted molar refractivity (Wildman–Crippen MR) is 75.7 cm³/mol. The Hall–Kier alpha value is -1.24. The lowest BCUT2D eigenvalue weighted by Crippen LogP contribution is -2.25. The smallest absolute Gasteiger partial charge is 0.308 e. The molecule has 112 valence electrons. The van der Waals surface area contributed by atoms with Gasteiger partial charge in [-0.2, -0.15) is 0 Å². The number of hydrogen-bond acceptors (Lipinski definition) is 5. The highest BCUT2D eigenvalue weighted by Crippen LogP contribution is 2.12. The second-order valence-electron chi connectivity index (χ2n) is 4.65. The van der Waals surface area contributed by atoms with E-state index < -0.39 is 29.0 Å². The molecule has 1 aromatic rings. The van der Waals surface area contributed by atoms with Gasteiger partial charge in [-0.25, -0.2) is 0 Å². The number of rotatable bonds is 7. The van der Waals surface area contributed by atoms with E-state index in [0.29, 0.717) is 4.90 Å². The molecule has 0 aliphatic heterocycles. The van der Waals surface area contributed by atoms with Gasteiger partial charge in [0.2, 0.25) is 0 Å². The summed E-state index contributed by atoms with van der Waals surface area (Å²) in [6.07, 6.45) is -2.11. The third kappa shape index (κ3) is 5.81. The number of hydrogen-bond donors (Lipinski definition) is 2.